The Bertz CT molecular complexity index is 627. The van der Waals surface area contributed by atoms with E-state index in [4.69, 9.17) is 0 Å². The molecular weight excluding hydrogens is 262 g/mol. The van der Waals surface area contributed by atoms with Gasteiger partial charge in [-0.2, -0.15) is 0 Å². The third kappa shape index (κ3) is 2.90. The van der Waals surface area contributed by atoms with Crippen LogP contribution in [0.2, 0.25) is 0 Å². The normalized spacial score (nSPS) is 16.3. The molecule has 21 heavy (non-hydrogen) atoms. The molecule has 2 aromatic rings. The molecule has 110 valence electrons. The summed E-state index contributed by atoms with van der Waals surface area (Å²) in [6, 6.07) is 10.2. The molecule has 0 aliphatic carbocycles. The molecule has 1 saturated heterocycles. The van der Waals surface area contributed by atoms with Gasteiger partial charge < -0.3 is 10.2 Å². The van der Waals surface area contributed by atoms with Crippen LogP contribution in [0.3, 0.4) is 0 Å². The molecule has 0 atom stereocenters. The number of rotatable bonds is 3. The average molecular weight is 283 g/mol. The van der Waals surface area contributed by atoms with E-state index in [1.54, 1.807) is 6.20 Å². The molecule has 0 bridgehead atoms. The fraction of sp³-hybridized carbons (Fsp3) is 0.412. The molecule has 3 rings (SSSR count). The molecule has 1 amide bonds. The van der Waals surface area contributed by atoms with Gasteiger partial charge in [-0.25, -0.2) is 0 Å². The van der Waals surface area contributed by atoms with Crippen LogP contribution in [-0.2, 0) is 0 Å². The summed E-state index contributed by atoms with van der Waals surface area (Å²) in [5, 5.41) is 4.41. The number of hydrogen-bond acceptors (Lipinski definition) is 3. The summed E-state index contributed by atoms with van der Waals surface area (Å²) < 4.78 is 0. The van der Waals surface area contributed by atoms with E-state index in [-0.39, 0.29) is 5.91 Å². The fourth-order valence-corrected chi connectivity index (χ4v) is 3.04. The third-order valence-corrected chi connectivity index (χ3v) is 4.15. The smallest absolute Gasteiger partial charge is 0.254 e. The van der Waals surface area contributed by atoms with Gasteiger partial charge in [0.15, 0.2) is 0 Å². The Balaban J connectivity index is 1.79. The first-order valence-corrected chi connectivity index (χ1v) is 7.66. The van der Waals surface area contributed by atoms with E-state index in [2.05, 4.69) is 17.2 Å². The number of hydrogen-bond donors (Lipinski definition) is 1. The van der Waals surface area contributed by atoms with Gasteiger partial charge in [0, 0.05) is 36.3 Å². The number of nitrogens with one attached hydrogen (secondary N) is 1. The van der Waals surface area contributed by atoms with Crippen LogP contribution in [-0.4, -0.2) is 41.5 Å². The van der Waals surface area contributed by atoms with Crippen molar-refractivity contribution in [3.8, 4) is 0 Å². The second-order valence-electron chi connectivity index (χ2n) is 5.50. The van der Waals surface area contributed by atoms with Crippen molar-refractivity contribution in [3.05, 3.63) is 42.1 Å². The van der Waals surface area contributed by atoms with Gasteiger partial charge in [-0.15, -0.1) is 0 Å². The lowest BCUT2D eigenvalue weighted by Gasteiger charge is -2.32. The van der Waals surface area contributed by atoms with Gasteiger partial charge in [0.05, 0.1) is 5.52 Å². The molecule has 0 saturated carbocycles. The number of nitrogens with zero attached hydrogens (tertiary/aromatic N) is 2. The highest BCUT2D eigenvalue weighted by atomic mass is 16.2. The molecule has 1 aromatic heterocycles. The number of carbonyl (C=O) groups is 1. The van der Waals surface area contributed by atoms with Crippen LogP contribution in [0.25, 0.3) is 10.9 Å². The number of fused-ring (bicyclic) bond motifs is 1. The van der Waals surface area contributed by atoms with E-state index in [1.165, 1.54) is 0 Å². The van der Waals surface area contributed by atoms with E-state index in [1.807, 2.05) is 35.2 Å². The van der Waals surface area contributed by atoms with Gasteiger partial charge in [-0.05, 0) is 37.6 Å². The van der Waals surface area contributed by atoms with Crippen molar-refractivity contribution in [2.45, 2.75) is 25.8 Å². The average Bonchev–Trinajstić information content (AvgIpc) is 2.55. The van der Waals surface area contributed by atoms with Crippen LogP contribution in [0.15, 0.2) is 36.5 Å². The Labute approximate surface area is 125 Å². The zero-order valence-electron chi connectivity index (χ0n) is 12.4. The molecule has 1 aliphatic heterocycles. The highest BCUT2D eigenvalue weighted by Crippen LogP contribution is 2.20. The zero-order valence-corrected chi connectivity index (χ0v) is 12.4. The van der Waals surface area contributed by atoms with Crippen molar-refractivity contribution in [1.82, 2.24) is 15.2 Å². The first kappa shape index (κ1) is 14.0. The van der Waals surface area contributed by atoms with E-state index < -0.39 is 0 Å². The number of aromatic nitrogens is 1. The van der Waals surface area contributed by atoms with Crippen molar-refractivity contribution >= 4 is 16.8 Å². The van der Waals surface area contributed by atoms with Crippen molar-refractivity contribution in [2.24, 2.45) is 0 Å². The lowest BCUT2D eigenvalue weighted by atomic mass is 10.0. The van der Waals surface area contributed by atoms with Crippen LogP contribution >= 0.6 is 0 Å². The molecule has 0 radical (unpaired) electrons. The van der Waals surface area contributed by atoms with Gasteiger partial charge >= 0.3 is 0 Å². The number of pyridine rings is 1. The Hall–Kier alpha value is -1.94. The van der Waals surface area contributed by atoms with Gasteiger partial charge in [0.25, 0.3) is 5.91 Å². The molecule has 1 fully saturated rings. The second kappa shape index (κ2) is 6.22. The van der Waals surface area contributed by atoms with E-state index in [9.17, 15) is 4.79 Å². The van der Waals surface area contributed by atoms with Crippen LogP contribution in [0, 0.1) is 0 Å². The molecule has 0 unspecified atom stereocenters. The lowest BCUT2D eigenvalue weighted by Crippen LogP contribution is -2.44. The maximum Gasteiger partial charge on any atom is 0.254 e. The van der Waals surface area contributed by atoms with E-state index in [0.717, 1.165) is 48.9 Å². The summed E-state index contributed by atoms with van der Waals surface area (Å²) in [5.74, 6) is 0.128. The Morgan fingerprint density at radius 2 is 2.10 bits per heavy atom. The van der Waals surface area contributed by atoms with Crippen LogP contribution < -0.4 is 5.32 Å². The molecule has 1 aromatic carbocycles. The first-order chi connectivity index (χ1) is 10.3. The van der Waals surface area contributed by atoms with Crippen LogP contribution in [0.1, 0.15) is 30.1 Å². The van der Waals surface area contributed by atoms with Gasteiger partial charge in [-0.1, -0.05) is 19.1 Å². The molecular formula is C17H21N3O. The molecule has 4 nitrogen and oxygen atoms in total. The highest BCUT2D eigenvalue weighted by molar-refractivity contribution is 6.06. The Kier molecular flexibility index (Phi) is 4.15. The molecule has 1 N–H and O–H groups in total. The van der Waals surface area contributed by atoms with E-state index >= 15 is 0 Å². The van der Waals surface area contributed by atoms with Crippen molar-refractivity contribution in [1.29, 1.82) is 0 Å². The summed E-state index contributed by atoms with van der Waals surface area (Å²) in [6.07, 6.45) is 3.82. The largest absolute Gasteiger partial charge is 0.339 e. The standard InChI is InChI=1S/C17H21N3O/c1-2-18-13-8-11-20(12-9-13)17(21)15-5-3-7-16-14(15)6-4-10-19-16/h3-7,10,13,18H,2,8-9,11-12H2,1H3. The molecule has 1 aliphatic rings. The summed E-state index contributed by atoms with van der Waals surface area (Å²) in [5.41, 5.74) is 1.65. The van der Waals surface area contributed by atoms with Crippen molar-refractivity contribution in [2.75, 3.05) is 19.6 Å². The fourth-order valence-electron chi connectivity index (χ4n) is 3.04. The highest BCUT2D eigenvalue weighted by Gasteiger charge is 2.24. The first-order valence-electron chi connectivity index (χ1n) is 7.66. The SMILES string of the molecule is CCNC1CCN(C(=O)c2cccc3ncccc23)CC1. The van der Waals surface area contributed by atoms with E-state index in [0.29, 0.717) is 6.04 Å². The minimum atomic E-state index is 0.128. The minimum Gasteiger partial charge on any atom is -0.339 e. The van der Waals surface area contributed by atoms with Gasteiger partial charge in [0.1, 0.15) is 0 Å². The second-order valence-corrected chi connectivity index (χ2v) is 5.50. The predicted molar refractivity (Wildman–Crippen MR) is 84.3 cm³/mol. The topological polar surface area (TPSA) is 45.2 Å². The molecule has 4 heteroatoms. The quantitative estimate of drug-likeness (QED) is 0.941. The van der Waals surface area contributed by atoms with Crippen LogP contribution in [0.4, 0.5) is 0 Å². The molecule has 2 heterocycles. The zero-order chi connectivity index (χ0) is 14.7. The lowest BCUT2D eigenvalue weighted by molar-refractivity contribution is 0.0708. The van der Waals surface area contributed by atoms with Crippen molar-refractivity contribution in [3.63, 3.8) is 0 Å². The Morgan fingerprint density at radius 1 is 1.29 bits per heavy atom. The minimum absolute atomic E-state index is 0.128. The Morgan fingerprint density at radius 3 is 2.86 bits per heavy atom. The summed E-state index contributed by atoms with van der Waals surface area (Å²) in [7, 11) is 0. The number of amides is 1. The number of piperidine rings is 1. The predicted octanol–water partition coefficient (Wildman–Crippen LogP) is 2.45. The molecule has 0 spiro atoms. The number of likely N-dealkylation sites (tertiary alicyclic amines) is 1. The number of carbonyl (C=O) groups excluding carboxylic acids is 1. The monoisotopic (exact) mass is 283 g/mol. The maximum absolute atomic E-state index is 12.8. The van der Waals surface area contributed by atoms with Gasteiger partial charge in [0.2, 0.25) is 0 Å². The number of benzene rings is 1. The van der Waals surface area contributed by atoms with Gasteiger partial charge in [-0.3, -0.25) is 9.78 Å². The summed E-state index contributed by atoms with van der Waals surface area (Å²) in [4.78, 5) is 19.0. The summed E-state index contributed by atoms with van der Waals surface area (Å²) in [6.45, 7) is 4.77. The maximum atomic E-state index is 12.8. The third-order valence-electron chi connectivity index (χ3n) is 4.15. The van der Waals surface area contributed by atoms with Crippen molar-refractivity contribution < 1.29 is 4.79 Å². The van der Waals surface area contributed by atoms with Crippen LogP contribution in [0.5, 0.6) is 0 Å². The summed E-state index contributed by atoms with van der Waals surface area (Å²) >= 11 is 0.